The van der Waals surface area contributed by atoms with Crippen LogP contribution >= 0.6 is 0 Å². The maximum Gasteiger partial charge on any atom is 0.0624 e. The number of aliphatic hydroxyl groups is 2. The molecule has 0 aromatic heterocycles. The molecule has 3 rings (SSSR count). The summed E-state index contributed by atoms with van der Waals surface area (Å²) < 4.78 is 0. The van der Waals surface area contributed by atoms with E-state index in [9.17, 15) is 10.2 Å². The summed E-state index contributed by atoms with van der Waals surface area (Å²) in [5.41, 5.74) is 1.36. The molecule has 1 aliphatic carbocycles. The molecule has 1 fully saturated rings. The second-order valence-electron chi connectivity index (χ2n) is 6.48. The molecule has 19 heavy (non-hydrogen) atoms. The van der Waals surface area contributed by atoms with Gasteiger partial charge in [0.2, 0.25) is 0 Å². The van der Waals surface area contributed by atoms with Crippen LogP contribution in [0.3, 0.4) is 0 Å². The minimum absolute atomic E-state index is 0.0210. The van der Waals surface area contributed by atoms with Crippen LogP contribution in [0.4, 0.5) is 0 Å². The van der Waals surface area contributed by atoms with E-state index in [4.69, 9.17) is 0 Å². The predicted octanol–water partition coefficient (Wildman–Crippen LogP) is 1.72. The van der Waals surface area contributed by atoms with Crippen LogP contribution in [0, 0.1) is 11.8 Å². The van der Waals surface area contributed by atoms with E-state index in [1.807, 2.05) is 0 Å². The first-order valence-electron chi connectivity index (χ1n) is 7.59. The monoisotopic (exact) mass is 263 g/mol. The first-order chi connectivity index (χ1) is 9.18. The van der Waals surface area contributed by atoms with Crippen molar-refractivity contribution >= 4 is 0 Å². The Morgan fingerprint density at radius 2 is 2.37 bits per heavy atom. The van der Waals surface area contributed by atoms with E-state index >= 15 is 0 Å². The van der Waals surface area contributed by atoms with Crippen molar-refractivity contribution < 1.29 is 10.2 Å². The Labute approximate surface area is 115 Å². The third-order valence-corrected chi connectivity index (χ3v) is 5.26. The maximum atomic E-state index is 10.5. The van der Waals surface area contributed by atoms with E-state index in [0.717, 1.165) is 32.4 Å². The smallest absolute Gasteiger partial charge is 0.0624 e. The van der Waals surface area contributed by atoms with Gasteiger partial charge in [0, 0.05) is 19.1 Å². The van der Waals surface area contributed by atoms with Crippen molar-refractivity contribution in [1.82, 2.24) is 4.90 Å². The first-order valence-corrected chi connectivity index (χ1v) is 7.59. The standard InChI is InChI=1S/C16H25NO2/c1-12(11-18)10-16-13-4-2-8-17(16)9-3-5-14(16)15(19)7-6-13/h2,4,6,12,14-15,18-19H,3,5,7-11H2,1H3. The maximum absolute atomic E-state index is 10.5. The van der Waals surface area contributed by atoms with Crippen LogP contribution in [-0.4, -0.2) is 46.5 Å². The highest BCUT2D eigenvalue weighted by Crippen LogP contribution is 2.50. The summed E-state index contributed by atoms with van der Waals surface area (Å²) in [6.45, 7) is 4.44. The minimum atomic E-state index is -0.219. The molecular weight excluding hydrogens is 238 g/mol. The Morgan fingerprint density at radius 3 is 3.16 bits per heavy atom. The topological polar surface area (TPSA) is 43.7 Å². The zero-order chi connectivity index (χ0) is 13.5. The minimum Gasteiger partial charge on any atom is -0.396 e. The molecular formula is C16H25NO2. The van der Waals surface area contributed by atoms with Crippen molar-refractivity contribution in [3.05, 3.63) is 23.8 Å². The number of rotatable bonds is 3. The Balaban J connectivity index is 2.04. The molecule has 4 unspecified atom stereocenters. The summed E-state index contributed by atoms with van der Waals surface area (Å²) in [6, 6.07) is 0. The molecule has 2 heterocycles. The van der Waals surface area contributed by atoms with E-state index < -0.39 is 0 Å². The van der Waals surface area contributed by atoms with Gasteiger partial charge in [-0.3, -0.25) is 4.90 Å². The average molecular weight is 263 g/mol. The fraction of sp³-hybridized carbons (Fsp3) is 0.750. The number of hydrogen-bond acceptors (Lipinski definition) is 3. The van der Waals surface area contributed by atoms with Gasteiger partial charge < -0.3 is 10.2 Å². The van der Waals surface area contributed by atoms with Gasteiger partial charge >= 0.3 is 0 Å². The van der Waals surface area contributed by atoms with Crippen LogP contribution in [0.2, 0.25) is 0 Å². The molecule has 0 amide bonds. The van der Waals surface area contributed by atoms with Crippen LogP contribution < -0.4 is 0 Å². The van der Waals surface area contributed by atoms with Crippen LogP contribution in [0.25, 0.3) is 0 Å². The Morgan fingerprint density at radius 1 is 1.53 bits per heavy atom. The average Bonchev–Trinajstić information content (AvgIpc) is 2.42. The second-order valence-corrected chi connectivity index (χ2v) is 6.48. The van der Waals surface area contributed by atoms with Crippen molar-refractivity contribution in [1.29, 1.82) is 0 Å². The zero-order valence-corrected chi connectivity index (χ0v) is 11.8. The number of aliphatic hydroxyl groups excluding tert-OH is 2. The summed E-state index contributed by atoms with van der Waals surface area (Å²) in [4.78, 5) is 2.54. The summed E-state index contributed by atoms with van der Waals surface area (Å²) in [7, 11) is 0. The fourth-order valence-electron chi connectivity index (χ4n) is 4.44. The molecule has 0 aromatic carbocycles. The normalized spacial score (nSPS) is 39.6. The van der Waals surface area contributed by atoms with Gasteiger partial charge in [-0.1, -0.05) is 25.2 Å². The van der Waals surface area contributed by atoms with Crippen LogP contribution in [0.5, 0.6) is 0 Å². The summed E-state index contributed by atoms with van der Waals surface area (Å²) in [5, 5.41) is 19.9. The predicted molar refractivity (Wildman–Crippen MR) is 75.7 cm³/mol. The van der Waals surface area contributed by atoms with Gasteiger partial charge in [0.25, 0.3) is 0 Å². The van der Waals surface area contributed by atoms with Crippen molar-refractivity contribution in [3.8, 4) is 0 Å². The van der Waals surface area contributed by atoms with Crippen molar-refractivity contribution in [2.45, 2.75) is 44.2 Å². The molecule has 3 nitrogen and oxygen atoms in total. The Kier molecular flexibility index (Phi) is 3.54. The number of piperidine rings is 1. The second kappa shape index (κ2) is 5.04. The highest BCUT2D eigenvalue weighted by atomic mass is 16.3. The van der Waals surface area contributed by atoms with Crippen LogP contribution in [0.15, 0.2) is 23.8 Å². The molecule has 0 saturated carbocycles. The molecule has 4 atom stereocenters. The number of hydrogen-bond donors (Lipinski definition) is 2. The molecule has 0 aromatic rings. The lowest BCUT2D eigenvalue weighted by molar-refractivity contribution is -0.0589. The Bertz CT molecular complexity index is 404. The molecule has 106 valence electrons. The van der Waals surface area contributed by atoms with E-state index in [2.05, 4.69) is 30.1 Å². The summed E-state index contributed by atoms with van der Waals surface area (Å²) in [5.74, 6) is 0.614. The molecule has 3 aliphatic rings. The third-order valence-electron chi connectivity index (χ3n) is 5.26. The van der Waals surface area contributed by atoms with Gasteiger partial charge in [0.05, 0.1) is 11.6 Å². The third kappa shape index (κ3) is 1.99. The Hall–Kier alpha value is -0.640. The van der Waals surface area contributed by atoms with Crippen molar-refractivity contribution in [2.75, 3.05) is 19.7 Å². The zero-order valence-electron chi connectivity index (χ0n) is 11.8. The molecule has 1 saturated heterocycles. The van der Waals surface area contributed by atoms with Crippen molar-refractivity contribution in [3.63, 3.8) is 0 Å². The molecule has 2 aliphatic heterocycles. The van der Waals surface area contributed by atoms with Gasteiger partial charge in [-0.2, -0.15) is 0 Å². The van der Waals surface area contributed by atoms with E-state index in [1.54, 1.807) is 0 Å². The van der Waals surface area contributed by atoms with E-state index in [1.165, 1.54) is 12.0 Å². The lowest BCUT2D eigenvalue weighted by atomic mass is 9.61. The largest absolute Gasteiger partial charge is 0.396 e. The molecule has 2 N–H and O–H groups in total. The van der Waals surface area contributed by atoms with Crippen LogP contribution in [0.1, 0.15) is 32.6 Å². The molecule has 0 bridgehead atoms. The van der Waals surface area contributed by atoms with Gasteiger partial charge in [0.15, 0.2) is 0 Å². The van der Waals surface area contributed by atoms with E-state index in [0.29, 0.717) is 5.92 Å². The van der Waals surface area contributed by atoms with Gasteiger partial charge in [-0.15, -0.1) is 0 Å². The molecule has 0 spiro atoms. The SMILES string of the molecule is CC(CO)CC12C3=CCC(O)C1CCCN2CC=C3. The highest BCUT2D eigenvalue weighted by Gasteiger charge is 2.53. The highest BCUT2D eigenvalue weighted by molar-refractivity contribution is 5.39. The van der Waals surface area contributed by atoms with Gasteiger partial charge in [-0.05, 0) is 43.7 Å². The van der Waals surface area contributed by atoms with Crippen molar-refractivity contribution in [2.24, 2.45) is 11.8 Å². The van der Waals surface area contributed by atoms with Gasteiger partial charge in [0.1, 0.15) is 0 Å². The molecule has 0 radical (unpaired) electrons. The van der Waals surface area contributed by atoms with E-state index in [-0.39, 0.29) is 24.2 Å². The lowest BCUT2D eigenvalue weighted by Crippen LogP contribution is -2.64. The van der Waals surface area contributed by atoms with Crippen LogP contribution in [-0.2, 0) is 0 Å². The fourth-order valence-corrected chi connectivity index (χ4v) is 4.44. The quantitative estimate of drug-likeness (QED) is 0.815. The van der Waals surface area contributed by atoms with Gasteiger partial charge in [-0.25, -0.2) is 0 Å². The lowest BCUT2D eigenvalue weighted by Gasteiger charge is -2.58. The molecule has 3 heteroatoms. The summed E-state index contributed by atoms with van der Waals surface area (Å²) in [6.07, 6.45) is 10.5. The summed E-state index contributed by atoms with van der Waals surface area (Å²) >= 11 is 0. The number of nitrogens with zero attached hydrogens (tertiary/aromatic N) is 1. The first kappa shape index (κ1) is 13.3.